The van der Waals surface area contributed by atoms with Gasteiger partial charge in [0.05, 0.1) is 18.2 Å². The first-order valence-corrected chi connectivity index (χ1v) is 11.1. The van der Waals surface area contributed by atoms with Gasteiger partial charge in [-0.3, -0.25) is 9.59 Å². The number of carbonyl (C=O) groups excluding carboxylic acids is 1. The molecule has 3 aromatic rings. The van der Waals surface area contributed by atoms with Gasteiger partial charge in [0.2, 0.25) is 5.91 Å². The van der Waals surface area contributed by atoms with Gasteiger partial charge in [-0.1, -0.05) is 17.7 Å². The number of rotatable bonds is 6. The molecule has 1 atom stereocenters. The molecular weight excluding hydrogens is 428 g/mol. The van der Waals surface area contributed by atoms with Gasteiger partial charge in [-0.15, -0.1) is 5.10 Å². The molecule has 1 amide bonds. The predicted molar refractivity (Wildman–Crippen MR) is 126 cm³/mol. The lowest BCUT2D eigenvalue weighted by molar-refractivity contribution is -0.120. The fourth-order valence-electron chi connectivity index (χ4n) is 3.81. The maximum absolute atomic E-state index is 12.9. The quantitative estimate of drug-likeness (QED) is 0.608. The van der Waals surface area contributed by atoms with Crippen LogP contribution in [0.15, 0.2) is 65.5 Å². The van der Waals surface area contributed by atoms with E-state index in [2.05, 4.69) is 10.4 Å². The van der Waals surface area contributed by atoms with Crippen LogP contribution in [0.1, 0.15) is 19.8 Å². The van der Waals surface area contributed by atoms with Crippen molar-refractivity contribution in [2.75, 3.05) is 29.9 Å². The third-order valence-corrected chi connectivity index (χ3v) is 5.62. The van der Waals surface area contributed by atoms with Crippen LogP contribution < -0.4 is 20.5 Å². The number of piperidine rings is 1. The number of aromatic nitrogens is 2. The highest BCUT2D eigenvalue weighted by atomic mass is 35.5. The monoisotopic (exact) mass is 452 g/mol. The van der Waals surface area contributed by atoms with E-state index in [1.165, 1.54) is 10.7 Å². The third kappa shape index (κ3) is 5.11. The second-order valence-electron chi connectivity index (χ2n) is 7.65. The minimum atomic E-state index is -0.238. The molecular formula is C24H25ClN4O3. The molecule has 4 rings (SSSR count). The number of carbonyl (C=O) groups is 1. The van der Waals surface area contributed by atoms with E-state index in [0.717, 1.165) is 30.8 Å². The van der Waals surface area contributed by atoms with E-state index < -0.39 is 0 Å². The van der Waals surface area contributed by atoms with Crippen LogP contribution in [0, 0.1) is 5.92 Å². The Balaban J connectivity index is 1.47. The van der Waals surface area contributed by atoms with Crippen molar-refractivity contribution in [3.63, 3.8) is 0 Å². The molecule has 0 saturated carbocycles. The molecule has 0 bridgehead atoms. The largest absolute Gasteiger partial charge is 0.494 e. The van der Waals surface area contributed by atoms with E-state index in [-0.39, 0.29) is 17.4 Å². The Hall–Kier alpha value is -3.32. The standard InChI is InChI=1S/C24H25ClN4O3/c1-2-32-21-10-8-19(9-11-21)26-24(31)17-5-4-14-28(16-17)22-12-13-23(30)29(27-22)20-7-3-6-18(25)15-20/h3,6-13,15,17H,2,4-5,14,16H2,1H3,(H,26,31). The molecule has 0 aliphatic carbocycles. The summed E-state index contributed by atoms with van der Waals surface area (Å²) in [5.74, 6) is 1.23. The third-order valence-electron chi connectivity index (χ3n) is 5.39. The zero-order chi connectivity index (χ0) is 22.5. The number of hydrogen-bond acceptors (Lipinski definition) is 5. The first-order chi connectivity index (χ1) is 15.5. The fraction of sp³-hybridized carbons (Fsp3) is 0.292. The number of halogens is 1. The number of ether oxygens (including phenoxy) is 1. The van der Waals surface area contributed by atoms with Crippen LogP contribution in [-0.2, 0) is 4.79 Å². The smallest absolute Gasteiger partial charge is 0.271 e. The Kier molecular flexibility index (Phi) is 6.75. The van der Waals surface area contributed by atoms with Crippen molar-refractivity contribution in [2.24, 2.45) is 5.92 Å². The second kappa shape index (κ2) is 9.87. The molecule has 0 spiro atoms. The van der Waals surface area contributed by atoms with Crippen LogP contribution in [0.2, 0.25) is 5.02 Å². The molecule has 32 heavy (non-hydrogen) atoms. The van der Waals surface area contributed by atoms with Gasteiger partial charge in [0.25, 0.3) is 5.56 Å². The summed E-state index contributed by atoms with van der Waals surface area (Å²) in [4.78, 5) is 27.3. The van der Waals surface area contributed by atoms with Crippen molar-refractivity contribution in [2.45, 2.75) is 19.8 Å². The summed E-state index contributed by atoms with van der Waals surface area (Å²) < 4.78 is 6.78. The molecule has 1 unspecified atom stereocenters. The molecule has 0 radical (unpaired) electrons. The summed E-state index contributed by atoms with van der Waals surface area (Å²) in [6.45, 7) is 3.83. The van der Waals surface area contributed by atoms with Crippen LogP contribution >= 0.6 is 11.6 Å². The lowest BCUT2D eigenvalue weighted by Crippen LogP contribution is -2.41. The zero-order valence-electron chi connectivity index (χ0n) is 17.8. The Bertz CT molecular complexity index is 1150. The van der Waals surface area contributed by atoms with Crippen molar-refractivity contribution in [1.29, 1.82) is 0 Å². The lowest BCUT2D eigenvalue weighted by atomic mass is 9.97. The van der Waals surface area contributed by atoms with E-state index >= 15 is 0 Å². The lowest BCUT2D eigenvalue weighted by Gasteiger charge is -2.33. The predicted octanol–water partition coefficient (Wildman–Crippen LogP) is 4.14. The summed E-state index contributed by atoms with van der Waals surface area (Å²) in [5, 5.41) is 8.07. The number of nitrogens with one attached hydrogen (secondary N) is 1. The van der Waals surface area contributed by atoms with Gasteiger partial charge in [0, 0.05) is 29.9 Å². The van der Waals surface area contributed by atoms with E-state index in [4.69, 9.17) is 16.3 Å². The van der Waals surface area contributed by atoms with Crippen molar-refractivity contribution in [3.8, 4) is 11.4 Å². The van der Waals surface area contributed by atoms with Crippen molar-refractivity contribution in [1.82, 2.24) is 9.78 Å². The molecule has 1 aliphatic rings. The van der Waals surface area contributed by atoms with Gasteiger partial charge in [0.15, 0.2) is 0 Å². The average molecular weight is 453 g/mol. The minimum absolute atomic E-state index is 0.0259. The van der Waals surface area contributed by atoms with E-state index in [1.807, 2.05) is 36.1 Å². The summed E-state index contributed by atoms with van der Waals surface area (Å²) in [7, 11) is 0. The van der Waals surface area contributed by atoms with Crippen LogP contribution in [0.4, 0.5) is 11.5 Å². The van der Waals surface area contributed by atoms with Gasteiger partial charge >= 0.3 is 0 Å². The molecule has 1 aromatic heterocycles. The Labute approximate surface area is 191 Å². The number of benzene rings is 2. The molecule has 2 heterocycles. The van der Waals surface area contributed by atoms with E-state index in [1.54, 1.807) is 30.3 Å². The summed E-state index contributed by atoms with van der Waals surface area (Å²) >= 11 is 6.08. The van der Waals surface area contributed by atoms with Gasteiger partial charge in [-0.05, 0) is 68.3 Å². The normalized spacial score (nSPS) is 15.9. The SMILES string of the molecule is CCOc1ccc(NC(=O)C2CCCN(c3ccc(=O)n(-c4cccc(Cl)c4)n3)C2)cc1. The summed E-state index contributed by atoms with van der Waals surface area (Å²) in [5.41, 5.74) is 1.10. The molecule has 1 N–H and O–H groups in total. The average Bonchev–Trinajstić information content (AvgIpc) is 2.81. The maximum atomic E-state index is 12.9. The first-order valence-electron chi connectivity index (χ1n) is 10.7. The zero-order valence-corrected chi connectivity index (χ0v) is 18.6. The molecule has 1 fully saturated rings. The fourth-order valence-corrected chi connectivity index (χ4v) is 3.99. The first kappa shape index (κ1) is 21.9. The highest BCUT2D eigenvalue weighted by Crippen LogP contribution is 2.24. The van der Waals surface area contributed by atoms with Crippen LogP contribution in [0.25, 0.3) is 5.69 Å². The van der Waals surface area contributed by atoms with Gasteiger partial charge < -0.3 is 15.0 Å². The minimum Gasteiger partial charge on any atom is -0.494 e. The van der Waals surface area contributed by atoms with Crippen molar-refractivity contribution < 1.29 is 9.53 Å². The van der Waals surface area contributed by atoms with Crippen LogP contribution in [0.3, 0.4) is 0 Å². The molecule has 7 nitrogen and oxygen atoms in total. The van der Waals surface area contributed by atoms with Gasteiger partial charge in [-0.2, -0.15) is 4.68 Å². The molecule has 1 saturated heterocycles. The number of hydrogen-bond donors (Lipinski definition) is 1. The molecule has 2 aromatic carbocycles. The highest BCUT2D eigenvalue weighted by Gasteiger charge is 2.27. The maximum Gasteiger partial charge on any atom is 0.271 e. The van der Waals surface area contributed by atoms with Crippen molar-refractivity contribution >= 4 is 29.0 Å². The number of anilines is 2. The Morgan fingerprint density at radius 3 is 2.75 bits per heavy atom. The molecule has 166 valence electrons. The topological polar surface area (TPSA) is 76.5 Å². The van der Waals surface area contributed by atoms with Crippen LogP contribution in [0.5, 0.6) is 5.75 Å². The number of nitrogens with zero attached hydrogens (tertiary/aromatic N) is 3. The van der Waals surface area contributed by atoms with Crippen molar-refractivity contribution in [3.05, 3.63) is 76.0 Å². The van der Waals surface area contributed by atoms with E-state index in [0.29, 0.717) is 29.7 Å². The number of amides is 1. The van der Waals surface area contributed by atoms with Gasteiger partial charge in [-0.25, -0.2) is 0 Å². The van der Waals surface area contributed by atoms with Crippen LogP contribution in [-0.4, -0.2) is 35.4 Å². The van der Waals surface area contributed by atoms with E-state index in [9.17, 15) is 9.59 Å². The molecule has 8 heteroatoms. The highest BCUT2D eigenvalue weighted by molar-refractivity contribution is 6.30. The second-order valence-corrected chi connectivity index (χ2v) is 8.09. The molecule has 1 aliphatic heterocycles. The Morgan fingerprint density at radius 1 is 1.19 bits per heavy atom. The summed E-state index contributed by atoms with van der Waals surface area (Å²) in [6.07, 6.45) is 1.66. The van der Waals surface area contributed by atoms with Gasteiger partial charge in [0.1, 0.15) is 11.6 Å². The Morgan fingerprint density at radius 2 is 2.00 bits per heavy atom. The summed E-state index contributed by atoms with van der Waals surface area (Å²) in [6, 6.07) is 17.6.